The van der Waals surface area contributed by atoms with Crippen molar-refractivity contribution < 1.29 is 18.3 Å². The van der Waals surface area contributed by atoms with Crippen LogP contribution in [0.5, 0.6) is 0 Å². The lowest BCUT2D eigenvalue weighted by Gasteiger charge is -2.11. The lowest BCUT2D eigenvalue weighted by atomic mass is 10.3. The molecule has 0 aromatic carbocycles. The molecule has 0 aliphatic heterocycles. The fraction of sp³-hybridized carbons (Fsp3) is 0.545. The van der Waals surface area contributed by atoms with Gasteiger partial charge in [0.1, 0.15) is 0 Å². The molecular weight excluding hydrogens is 288 g/mol. The molecule has 0 saturated carbocycles. The smallest absolute Gasteiger partial charge is 0.308 e. The Kier molecular flexibility index (Phi) is 5.92. The Morgan fingerprint density at radius 3 is 2.58 bits per heavy atom. The molecular formula is C11H18N2O4S2. The highest BCUT2D eigenvalue weighted by Gasteiger charge is 2.12. The van der Waals surface area contributed by atoms with E-state index >= 15 is 0 Å². The van der Waals surface area contributed by atoms with E-state index in [0.29, 0.717) is 13.1 Å². The van der Waals surface area contributed by atoms with Crippen molar-refractivity contribution in [3.8, 4) is 0 Å². The van der Waals surface area contributed by atoms with Crippen LogP contribution in [0.25, 0.3) is 0 Å². The molecule has 2 N–H and O–H groups in total. The molecule has 19 heavy (non-hydrogen) atoms. The second-order valence-corrected chi connectivity index (χ2v) is 7.77. The van der Waals surface area contributed by atoms with Gasteiger partial charge in [0.05, 0.1) is 12.2 Å². The van der Waals surface area contributed by atoms with Crippen LogP contribution in [0.15, 0.2) is 12.1 Å². The van der Waals surface area contributed by atoms with Gasteiger partial charge in [-0.3, -0.25) is 4.79 Å². The number of hydrogen-bond acceptors (Lipinski definition) is 5. The van der Waals surface area contributed by atoms with Crippen molar-refractivity contribution in [2.24, 2.45) is 0 Å². The molecule has 0 fully saturated rings. The highest BCUT2D eigenvalue weighted by Crippen LogP contribution is 2.16. The third-order valence-corrected chi connectivity index (χ3v) is 5.35. The Morgan fingerprint density at radius 2 is 2.00 bits per heavy atom. The highest BCUT2D eigenvalue weighted by molar-refractivity contribution is 7.89. The van der Waals surface area contributed by atoms with E-state index in [9.17, 15) is 13.2 Å². The summed E-state index contributed by atoms with van der Waals surface area (Å²) in [6.07, 6.45) is 0.0275. The van der Waals surface area contributed by atoms with Crippen LogP contribution in [0.4, 0.5) is 0 Å². The van der Waals surface area contributed by atoms with Crippen LogP contribution in [0.2, 0.25) is 0 Å². The van der Waals surface area contributed by atoms with E-state index in [1.54, 1.807) is 6.07 Å². The van der Waals surface area contributed by atoms with E-state index in [1.165, 1.54) is 29.7 Å². The van der Waals surface area contributed by atoms with Gasteiger partial charge in [0.2, 0.25) is 10.0 Å². The zero-order valence-electron chi connectivity index (χ0n) is 10.9. The molecule has 0 amide bonds. The Morgan fingerprint density at radius 1 is 1.37 bits per heavy atom. The van der Waals surface area contributed by atoms with Gasteiger partial charge >= 0.3 is 5.97 Å². The quantitative estimate of drug-likeness (QED) is 0.677. The predicted molar refractivity (Wildman–Crippen MR) is 74.8 cm³/mol. The summed E-state index contributed by atoms with van der Waals surface area (Å²) >= 11 is 1.42. The predicted octanol–water partition coefficient (Wildman–Crippen LogP) is 0.356. The fourth-order valence-corrected chi connectivity index (χ4v) is 3.10. The molecule has 0 spiro atoms. The van der Waals surface area contributed by atoms with Gasteiger partial charge in [-0.2, -0.15) is 0 Å². The number of aliphatic carboxylic acids is 1. The zero-order valence-corrected chi connectivity index (χ0v) is 12.6. The standard InChI is InChI=1S/C11H18N2O4S2/c1-13(2)19(16,17)6-5-12-8-10-4-3-9(18-10)7-11(14)15/h3-4,12H,5-8H2,1-2H3,(H,14,15). The maximum Gasteiger partial charge on any atom is 0.308 e. The number of carboxylic acid groups (broad SMARTS) is 1. The number of nitrogens with zero attached hydrogens (tertiary/aromatic N) is 1. The van der Waals surface area contributed by atoms with Gasteiger partial charge in [-0.05, 0) is 12.1 Å². The molecule has 0 unspecified atom stereocenters. The first-order valence-corrected chi connectivity index (χ1v) is 8.14. The van der Waals surface area contributed by atoms with Gasteiger partial charge in [0.25, 0.3) is 0 Å². The van der Waals surface area contributed by atoms with Crippen LogP contribution in [0.1, 0.15) is 9.75 Å². The third-order valence-electron chi connectivity index (χ3n) is 2.44. The molecule has 0 aliphatic rings. The molecule has 0 aliphatic carbocycles. The Balaban J connectivity index is 2.34. The minimum atomic E-state index is -3.17. The van der Waals surface area contributed by atoms with Gasteiger partial charge in [-0.1, -0.05) is 0 Å². The summed E-state index contributed by atoms with van der Waals surface area (Å²) in [5, 5.41) is 11.7. The Bertz CT molecular complexity index is 523. The number of rotatable bonds is 8. The first-order valence-electron chi connectivity index (χ1n) is 5.71. The van der Waals surface area contributed by atoms with Crippen LogP contribution in [-0.2, 0) is 27.8 Å². The Labute approximate surface area is 117 Å². The zero-order chi connectivity index (χ0) is 14.5. The minimum Gasteiger partial charge on any atom is -0.481 e. The van der Waals surface area contributed by atoms with E-state index in [2.05, 4.69) is 5.32 Å². The molecule has 6 nitrogen and oxygen atoms in total. The molecule has 0 atom stereocenters. The number of carbonyl (C=O) groups is 1. The summed E-state index contributed by atoms with van der Waals surface area (Å²) in [6, 6.07) is 3.64. The summed E-state index contributed by atoms with van der Waals surface area (Å²) in [6.45, 7) is 0.917. The second kappa shape index (κ2) is 6.99. The lowest BCUT2D eigenvalue weighted by molar-refractivity contribution is -0.136. The highest BCUT2D eigenvalue weighted by atomic mass is 32.2. The van der Waals surface area contributed by atoms with Gasteiger partial charge in [-0.15, -0.1) is 11.3 Å². The van der Waals surface area contributed by atoms with Crippen molar-refractivity contribution in [2.45, 2.75) is 13.0 Å². The average molecular weight is 306 g/mol. The first kappa shape index (κ1) is 16.1. The second-order valence-electron chi connectivity index (χ2n) is 4.21. The number of thiophene rings is 1. The van der Waals surface area contributed by atoms with E-state index in [4.69, 9.17) is 5.11 Å². The van der Waals surface area contributed by atoms with Crippen molar-refractivity contribution in [3.05, 3.63) is 21.9 Å². The molecule has 0 bridgehead atoms. The van der Waals surface area contributed by atoms with Crippen LogP contribution in [0, 0.1) is 0 Å². The minimum absolute atomic E-state index is 0.0275. The van der Waals surface area contributed by atoms with E-state index in [1.807, 2.05) is 6.07 Å². The summed E-state index contributed by atoms with van der Waals surface area (Å²) in [5.41, 5.74) is 0. The summed E-state index contributed by atoms with van der Waals surface area (Å²) in [4.78, 5) is 12.3. The molecule has 0 radical (unpaired) electrons. The molecule has 1 rings (SSSR count). The third kappa shape index (κ3) is 5.68. The number of sulfonamides is 1. The van der Waals surface area contributed by atoms with Crippen molar-refractivity contribution in [3.63, 3.8) is 0 Å². The molecule has 1 aromatic heterocycles. The lowest BCUT2D eigenvalue weighted by Crippen LogP contribution is -2.30. The number of carboxylic acids is 1. The van der Waals surface area contributed by atoms with Crippen LogP contribution in [-0.4, -0.2) is 50.2 Å². The largest absolute Gasteiger partial charge is 0.481 e. The maximum atomic E-state index is 11.5. The fourth-order valence-electron chi connectivity index (χ4n) is 1.36. The summed E-state index contributed by atoms with van der Waals surface area (Å²) < 4.78 is 24.2. The van der Waals surface area contributed by atoms with Crippen LogP contribution in [0.3, 0.4) is 0 Å². The van der Waals surface area contributed by atoms with Gasteiger partial charge < -0.3 is 10.4 Å². The SMILES string of the molecule is CN(C)S(=O)(=O)CCNCc1ccc(CC(=O)O)s1. The van der Waals surface area contributed by atoms with Crippen LogP contribution < -0.4 is 5.32 Å². The summed E-state index contributed by atoms with van der Waals surface area (Å²) in [5.74, 6) is -0.800. The van der Waals surface area contributed by atoms with Gasteiger partial charge in [0, 0.05) is 36.9 Å². The molecule has 108 valence electrons. The number of nitrogens with one attached hydrogen (secondary N) is 1. The molecule has 1 heterocycles. The molecule has 8 heteroatoms. The van der Waals surface area contributed by atoms with Crippen molar-refractivity contribution in [1.29, 1.82) is 0 Å². The first-order chi connectivity index (χ1) is 8.81. The topological polar surface area (TPSA) is 86.7 Å². The van der Waals surface area contributed by atoms with Crippen molar-refractivity contribution in [2.75, 3.05) is 26.4 Å². The van der Waals surface area contributed by atoms with Crippen molar-refractivity contribution in [1.82, 2.24) is 9.62 Å². The monoisotopic (exact) mass is 306 g/mol. The van der Waals surface area contributed by atoms with Gasteiger partial charge in [-0.25, -0.2) is 12.7 Å². The van der Waals surface area contributed by atoms with E-state index < -0.39 is 16.0 Å². The maximum absolute atomic E-state index is 11.5. The average Bonchev–Trinajstić information content (AvgIpc) is 2.71. The normalized spacial score (nSPS) is 11.9. The molecule has 0 saturated heterocycles. The van der Waals surface area contributed by atoms with Crippen LogP contribution >= 0.6 is 11.3 Å². The van der Waals surface area contributed by atoms with E-state index in [-0.39, 0.29) is 12.2 Å². The Hall–Kier alpha value is -0.960. The van der Waals surface area contributed by atoms with E-state index in [0.717, 1.165) is 9.75 Å². The van der Waals surface area contributed by atoms with Gasteiger partial charge in [0.15, 0.2) is 0 Å². The number of hydrogen-bond donors (Lipinski definition) is 2. The van der Waals surface area contributed by atoms with Crippen molar-refractivity contribution >= 4 is 27.3 Å². The molecule has 1 aromatic rings. The summed E-state index contributed by atoms with van der Waals surface area (Å²) in [7, 11) is -0.153.